The monoisotopic (exact) mass is 432 g/mol. The maximum Gasteiger partial charge on any atom is 0.317 e. The molecule has 4 rings (SSSR count). The molecular formula is C20H25BrN4O2. The zero-order chi connectivity index (χ0) is 18.6. The van der Waals surface area contributed by atoms with Crippen LogP contribution in [0, 0.1) is 0 Å². The van der Waals surface area contributed by atoms with Crippen LogP contribution < -0.4 is 5.32 Å². The van der Waals surface area contributed by atoms with Crippen LogP contribution in [0.15, 0.2) is 34.9 Å². The van der Waals surface area contributed by atoms with E-state index in [4.69, 9.17) is 9.72 Å². The van der Waals surface area contributed by atoms with Gasteiger partial charge in [0.05, 0.1) is 18.8 Å². The van der Waals surface area contributed by atoms with Crippen LogP contribution in [0.25, 0.3) is 0 Å². The van der Waals surface area contributed by atoms with Crippen LogP contribution in [0.3, 0.4) is 0 Å². The van der Waals surface area contributed by atoms with Crippen molar-refractivity contribution in [2.45, 2.75) is 38.3 Å². The van der Waals surface area contributed by atoms with Gasteiger partial charge in [0, 0.05) is 43.1 Å². The summed E-state index contributed by atoms with van der Waals surface area (Å²) in [5.74, 6) is 1.19. The Hall–Kier alpha value is -1.86. The van der Waals surface area contributed by atoms with Gasteiger partial charge in [0.15, 0.2) is 0 Å². The predicted octanol–water partition coefficient (Wildman–Crippen LogP) is 3.31. The number of nitrogens with one attached hydrogen (secondary N) is 1. The standard InChI is InChI=1S/C20H25BrN4O2/c21-16-5-3-4-15(12-16)18-14-25(10-11-27-18)20(26)22-8-7-17-13-24-9-2-1-6-19(24)23-17/h3-5,12-13,18H,1-2,6-11,14H2,(H,22,26). The van der Waals surface area contributed by atoms with Gasteiger partial charge in [-0.15, -0.1) is 0 Å². The molecule has 0 radical (unpaired) electrons. The topological polar surface area (TPSA) is 59.4 Å². The van der Waals surface area contributed by atoms with Gasteiger partial charge in [0.2, 0.25) is 0 Å². The van der Waals surface area contributed by atoms with Crippen molar-refractivity contribution < 1.29 is 9.53 Å². The van der Waals surface area contributed by atoms with E-state index >= 15 is 0 Å². The lowest BCUT2D eigenvalue weighted by Gasteiger charge is -2.33. The van der Waals surface area contributed by atoms with E-state index in [1.165, 1.54) is 18.7 Å². The number of hydrogen-bond acceptors (Lipinski definition) is 3. The van der Waals surface area contributed by atoms with Gasteiger partial charge in [0.25, 0.3) is 0 Å². The minimum absolute atomic E-state index is 0.0257. The molecule has 0 saturated carbocycles. The highest BCUT2D eigenvalue weighted by Crippen LogP contribution is 2.24. The Morgan fingerprint density at radius 3 is 3.11 bits per heavy atom. The second kappa shape index (κ2) is 8.44. The lowest BCUT2D eigenvalue weighted by molar-refractivity contribution is -0.0154. The van der Waals surface area contributed by atoms with E-state index in [1.807, 2.05) is 29.2 Å². The van der Waals surface area contributed by atoms with Gasteiger partial charge >= 0.3 is 6.03 Å². The van der Waals surface area contributed by atoms with E-state index in [2.05, 4.69) is 32.0 Å². The number of nitrogens with zero attached hydrogens (tertiary/aromatic N) is 3. The zero-order valence-electron chi connectivity index (χ0n) is 15.4. The number of halogens is 1. The van der Waals surface area contributed by atoms with Crippen LogP contribution in [0.5, 0.6) is 0 Å². The van der Waals surface area contributed by atoms with Crippen molar-refractivity contribution in [3.05, 3.63) is 52.0 Å². The second-order valence-electron chi connectivity index (χ2n) is 7.14. The molecule has 2 aliphatic heterocycles. The van der Waals surface area contributed by atoms with Gasteiger partial charge in [-0.2, -0.15) is 0 Å². The van der Waals surface area contributed by atoms with E-state index in [-0.39, 0.29) is 12.1 Å². The largest absolute Gasteiger partial charge is 0.370 e. The van der Waals surface area contributed by atoms with Crippen LogP contribution in [0.1, 0.15) is 36.0 Å². The Labute approximate surface area is 168 Å². The van der Waals surface area contributed by atoms with Gasteiger partial charge in [-0.1, -0.05) is 28.1 Å². The summed E-state index contributed by atoms with van der Waals surface area (Å²) in [6.07, 6.45) is 6.35. The van der Waals surface area contributed by atoms with Crippen LogP contribution in [-0.4, -0.2) is 46.7 Å². The summed E-state index contributed by atoms with van der Waals surface area (Å²) >= 11 is 3.49. The summed E-state index contributed by atoms with van der Waals surface area (Å²) in [6, 6.07) is 8.04. The summed E-state index contributed by atoms with van der Waals surface area (Å²) in [5, 5.41) is 3.04. The molecule has 1 aromatic heterocycles. The van der Waals surface area contributed by atoms with Crippen molar-refractivity contribution in [3.63, 3.8) is 0 Å². The molecule has 2 aliphatic rings. The quantitative estimate of drug-likeness (QED) is 0.805. The molecule has 1 unspecified atom stereocenters. The summed E-state index contributed by atoms with van der Waals surface area (Å²) in [5.41, 5.74) is 2.16. The fraction of sp³-hybridized carbons (Fsp3) is 0.500. The molecule has 1 N–H and O–H groups in total. The Morgan fingerprint density at radius 2 is 2.26 bits per heavy atom. The zero-order valence-corrected chi connectivity index (χ0v) is 17.0. The number of imidazole rings is 1. The molecule has 1 fully saturated rings. The van der Waals surface area contributed by atoms with E-state index in [9.17, 15) is 4.79 Å². The number of rotatable bonds is 4. The third kappa shape index (κ3) is 4.52. The highest BCUT2D eigenvalue weighted by atomic mass is 79.9. The molecule has 1 atom stereocenters. The van der Waals surface area contributed by atoms with Crippen molar-refractivity contribution in [2.75, 3.05) is 26.2 Å². The van der Waals surface area contributed by atoms with Crippen molar-refractivity contribution in [2.24, 2.45) is 0 Å². The van der Waals surface area contributed by atoms with Gasteiger partial charge in [0.1, 0.15) is 11.9 Å². The summed E-state index contributed by atoms with van der Waals surface area (Å²) in [6.45, 7) is 3.42. The van der Waals surface area contributed by atoms with E-state index in [0.717, 1.165) is 35.1 Å². The Morgan fingerprint density at radius 1 is 1.33 bits per heavy atom. The van der Waals surface area contributed by atoms with Crippen LogP contribution in [0.4, 0.5) is 4.79 Å². The van der Waals surface area contributed by atoms with Gasteiger partial charge < -0.3 is 19.5 Å². The third-order valence-corrected chi connectivity index (χ3v) is 5.68. The molecule has 0 spiro atoms. The van der Waals surface area contributed by atoms with Crippen molar-refractivity contribution in [1.82, 2.24) is 19.8 Å². The number of carbonyl (C=O) groups excluding carboxylic acids is 1. The first-order valence-electron chi connectivity index (χ1n) is 9.64. The van der Waals surface area contributed by atoms with Crippen LogP contribution in [0.2, 0.25) is 0 Å². The number of amides is 2. The maximum atomic E-state index is 12.6. The SMILES string of the molecule is O=C(NCCc1cn2c(n1)CCCC2)N1CCOC(c2cccc(Br)c2)C1. The lowest BCUT2D eigenvalue weighted by atomic mass is 10.1. The molecule has 2 amide bonds. The summed E-state index contributed by atoms with van der Waals surface area (Å²) < 4.78 is 9.14. The van der Waals surface area contributed by atoms with Crippen molar-refractivity contribution in [1.29, 1.82) is 0 Å². The number of aromatic nitrogens is 2. The van der Waals surface area contributed by atoms with Crippen molar-refractivity contribution >= 4 is 22.0 Å². The Bertz CT molecular complexity index is 784. The van der Waals surface area contributed by atoms with Crippen molar-refractivity contribution in [3.8, 4) is 0 Å². The average molecular weight is 433 g/mol. The molecule has 27 heavy (non-hydrogen) atoms. The second-order valence-corrected chi connectivity index (χ2v) is 8.06. The number of benzene rings is 1. The number of urea groups is 1. The maximum absolute atomic E-state index is 12.6. The molecule has 7 heteroatoms. The first kappa shape index (κ1) is 18.5. The van der Waals surface area contributed by atoms with Gasteiger partial charge in [-0.05, 0) is 30.5 Å². The predicted molar refractivity (Wildman–Crippen MR) is 107 cm³/mol. The highest BCUT2D eigenvalue weighted by Gasteiger charge is 2.25. The molecule has 1 aromatic carbocycles. The first-order chi connectivity index (χ1) is 13.2. The summed E-state index contributed by atoms with van der Waals surface area (Å²) in [4.78, 5) is 19.1. The van der Waals surface area contributed by atoms with E-state index < -0.39 is 0 Å². The molecule has 0 bridgehead atoms. The number of morpholine rings is 1. The number of hydrogen-bond donors (Lipinski definition) is 1. The molecule has 1 saturated heterocycles. The molecule has 2 aromatic rings. The minimum Gasteiger partial charge on any atom is -0.370 e. The van der Waals surface area contributed by atoms with Gasteiger partial charge in [-0.3, -0.25) is 0 Å². The minimum atomic E-state index is -0.0816. The molecule has 6 nitrogen and oxygen atoms in total. The van der Waals surface area contributed by atoms with E-state index in [0.29, 0.717) is 26.2 Å². The van der Waals surface area contributed by atoms with Gasteiger partial charge in [-0.25, -0.2) is 9.78 Å². The smallest absolute Gasteiger partial charge is 0.317 e. The lowest BCUT2D eigenvalue weighted by Crippen LogP contribution is -2.47. The van der Waals surface area contributed by atoms with Crippen LogP contribution in [-0.2, 0) is 24.1 Å². The molecule has 0 aliphatic carbocycles. The summed E-state index contributed by atoms with van der Waals surface area (Å²) in [7, 11) is 0. The number of ether oxygens (including phenoxy) is 1. The first-order valence-corrected chi connectivity index (χ1v) is 10.4. The molecular weight excluding hydrogens is 408 g/mol. The number of carbonyl (C=O) groups is 1. The fourth-order valence-electron chi connectivity index (χ4n) is 3.74. The molecule has 3 heterocycles. The normalized spacial score (nSPS) is 19.6. The Kier molecular flexibility index (Phi) is 5.78. The van der Waals surface area contributed by atoms with E-state index in [1.54, 1.807) is 0 Å². The third-order valence-electron chi connectivity index (χ3n) is 5.19. The highest BCUT2D eigenvalue weighted by molar-refractivity contribution is 9.10. The fourth-order valence-corrected chi connectivity index (χ4v) is 4.16. The Balaban J connectivity index is 1.28. The molecule has 144 valence electrons. The van der Waals surface area contributed by atoms with Crippen LogP contribution >= 0.6 is 15.9 Å². The number of fused-ring (bicyclic) bond motifs is 1. The number of aryl methyl sites for hydroxylation is 2. The average Bonchev–Trinajstić information content (AvgIpc) is 3.11.